The monoisotopic (exact) mass is 475 g/mol. The highest BCUT2D eigenvalue weighted by atomic mass is 19.3. The van der Waals surface area contributed by atoms with Gasteiger partial charge in [-0.1, -0.05) is 13.8 Å². The number of rotatable bonds is 7. The molecule has 3 N–H and O–H groups in total. The molecule has 8 nitrogen and oxygen atoms in total. The van der Waals surface area contributed by atoms with Gasteiger partial charge in [-0.05, 0) is 30.0 Å². The van der Waals surface area contributed by atoms with Gasteiger partial charge in [-0.15, -0.1) is 0 Å². The van der Waals surface area contributed by atoms with Crippen LogP contribution in [0.25, 0.3) is 5.57 Å². The third-order valence-corrected chi connectivity index (χ3v) is 5.71. The zero-order valence-corrected chi connectivity index (χ0v) is 19.3. The zero-order chi connectivity index (χ0) is 24.9. The Morgan fingerprint density at radius 1 is 1.29 bits per heavy atom. The van der Waals surface area contributed by atoms with Gasteiger partial charge in [0.05, 0.1) is 24.5 Å². The van der Waals surface area contributed by atoms with Crippen molar-refractivity contribution in [2.24, 2.45) is 16.6 Å². The highest BCUT2D eigenvalue weighted by Gasteiger charge is 2.46. The summed E-state index contributed by atoms with van der Waals surface area (Å²) < 4.78 is 42.3. The van der Waals surface area contributed by atoms with Gasteiger partial charge in [0.15, 0.2) is 0 Å². The molecule has 0 bridgehead atoms. The van der Waals surface area contributed by atoms with Crippen LogP contribution in [0.2, 0.25) is 0 Å². The molecule has 0 aromatic carbocycles. The van der Waals surface area contributed by atoms with Crippen LogP contribution in [-0.2, 0) is 11.2 Å². The molecule has 11 heteroatoms. The summed E-state index contributed by atoms with van der Waals surface area (Å²) in [6.07, 6.45) is 6.06. The van der Waals surface area contributed by atoms with Crippen LogP contribution in [0, 0.1) is 11.7 Å². The fourth-order valence-electron chi connectivity index (χ4n) is 3.91. The summed E-state index contributed by atoms with van der Waals surface area (Å²) in [5, 5.41) is 3.04. The molecular weight excluding hydrogens is 447 g/mol. The number of alkyl halides is 2. The van der Waals surface area contributed by atoms with Gasteiger partial charge in [0.1, 0.15) is 11.5 Å². The Kier molecular flexibility index (Phi) is 7.85. The average Bonchev–Trinajstić information content (AvgIpc) is 2.81. The second-order valence-electron chi connectivity index (χ2n) is 8.26. The number of carbonyl (C=O) groups excluding carboxylic acids is 1. The maximum Gasteiger partial charge on any atom is 0.271 e. The van der Waals surface area contributed by atoms with Crippen molar-refractivity contribution in [2.45, 2.75) is 38.7 Å². The normalized spacial score (nSPS) is 20.8. The van der Waals surface area contributed by atoms with Crippen LogP contribution in [0.1, 0.15) is 31.5 Å². The van der Waals surface area contributed by atoms with Crippen LogP contribution < -0.4 is 11.1 Å². The molecule has 1 aliphatic heterocycles. The Hall–Kier alpha value is -3.50. The fraction of sp³-hybridized carbons (Fsp3) is 0.435. The number of nitrogens with two attached hydrogens (primary N) is 1. The van der Waals surface area contributed by atoms with Crippen LogP contribution in [0.4, 0.5) is 19.1 Å². The summed E-state index contributed by atoms with van der Waals surface area (Å²) in [6, 6.07) is 1.91. The second-order valence-corrected chi connectivity index (χ2v) is 8.26. The number of carbonyl (C=O) groups is 1. The van der Waals surface area contributed by atoms with Crippen molar-refractivity contribution < 1.29 is 18.0 Å². The lowest BCUT2D eigenvalue weighted by atomic mass is 9.88. The maximum absolute atomic E-state index is 14.5. The fourth-order valence-corrected chi connectivity index (χ4v) is 3.91. The van der Waals surface area contributed by atoms with Gasteiger partial charge >= 0.3 is 0 Å². The highest BCUT2D eigenvalue weighted by Crippen LogP contribution is 2.35. The number of aryl methyl sites for hydroxylation is 1. The van der Waals surface area contributed by atoms with Crippen LogP contribution in [0.3, 0.4) is 0 Å². The Bertz CT molecular complexity index is 1060. The Morgan fingerprint density at radius 3 is 2.59 bits per heavy atom. The van der Waals surface area contributed by atoms with E-state index in [1.807, 2.05) is 6.92 Å². The third kappa shape index (κ3) is 5.89. The number of likely N-dealkylation sites (tertiary alicyclic amines) is 1. The average molecular weight is 476 g/mol. The van der Waals surface area contributed by atoms with Gasteiger partial charge < -0.3 is 16.0 Å². The predicted molar refractivity (Wildman–Crippen MR) is 124 cm³/mol. The molecule has 1 amide bonds. The van der Waals surface area contributed by atoms with Gasteiger partial charge in [-0.2, -0.15) is 0 Å². The maximum atomic E-state index is 14.5. The lowest BCUT2D eigenvalue weighted by Gasteiger charge is -2.43. The number of allylic oxidation sites excluding steroid dienone is 1. The summed E-state index contributed by atoms with van der Waals surface area (Å²) >= 11 is 0. The SMILES string of the molecule is CCc1cnc(NCC2C(C)CC(F)(F)CN2C(=O)C(N)=C(C=NC)c2ccc(F)cn2)nc1. The molecule has 1 fully saturated rings. The molecule has 2 atom stereocenters. The number of nitrogens with zero attached hydrogens (tertiary/aromatic N) is 5. The first-order chi connectivity index (χ1) is 16.1. The standard InChI is InChI=1S/C23H28F3N7O/c1-4-15-8-30-22(31-9-15)32-12-19-14(2)7-23(25,26)13-33(19)21(34)20(27)17(11-28-3)18-6-5-16(24)10-29-18/h5-6,8-11,14,19H,4,7,12-13,27H2,1-3H3,(H,30,31,32). The largest absolute Gasteiger partial charge is 0.394 e. The number of amides is 1. The van der Waals surface area contributed by atoms with Crippen molar-refractivity contribution in [1.82, 2.24) is 19.9 Å². The summed E-state index contributed by atoms with van der Waals surface area (Å²) in [7, 11) is 1.47. The molecule has 2 aromatic rings. The Morgan fingerprint density at radius 2 is 2.00 bits per heavy atom. The number of aliphatic imine (C=N–C) groups is 1. The van der Waals surface area contributed by atoms with E-state index in [-0.39, 0.29) is 29.9 Å². The second kappa shape index (κ2) is 10.6. The molecule has 0 radical (unpaired) electrons. The van der Waals surface area contributed by atoms with E-state index in [4.69, 9.17) is 5.73 Å². The lowest BCUT2D eigenvalue weighted by Crippen LogP contribution is -2.58. The van der Waals surface area contributed by atoms with Gasteiger partial charge in [0.2, 0.25) is 5.95 Å². The Labute approximate surface area is 196 Å². The molecule has 1 saturated heterocycles. The minimum Gasteiger partial charge on any atom is -0.394 e. The third-order valence-electron chi connectivity index (χ3n) is 5.71. The number of nitrogens with one attached hydrogen (secondary N) is 1. The number of hydrogen-bond donors (Lipinski definition) is 2. The smallest absolute Gasteiger partial charge is 0.271 e. The lowest BCUT2D eigenvalue weighted by molar-refractivity contribution is -0.148. The minimum absolute atomic E-state index is 0.124. The first kappa shape index (κ1) is 25.1. The summed E-state index contributed by atoms with van der Waals surface area (Å²) in [5.41, 5.74) is 7.14. The van der Waals surface area contributed by atoms with Crippen molar-refractivity contribution in [2.75, 3.05) is 25.5 Å². The quantitative estimate of drug-likeness (QED) is 0.471. The molecule has 0 aliphatic carbocycles. The predicted octanol–water partition coefficient (Wildman–Crippen LogP) is 2.93. The number of hydrogen-bond acceptors (Lipinski definition) is 7. The molecule has 34 heavy (non-hydrogen) atoms. The van der Waals surface area contributed by atoms with E-state index in [2.05, 4.69) is 25.3 Å². The number of piperidine rings is 1. The van der Waals surface area contributed by atoms with Crippen LogP contribution >= 0.6 is 0 Å². The van der Waals surface area contributed by atoms with Crippen LogP contribution in [0.15, 0.2) is 41.4 Å². The zero-order valence-electron chi connectivity index (χ0n) is 19.3. The molecule has 1 aliphatic rings. The first-order valence-electron chi connectivity index (χ1n) is 10.9. The number of pyridine rings is 1. The van der Waals surface area contributed by atoms with E-state index in [1.165, 1.54) is 19.3 Å². The minimum atomic E-state index is -3.07. The molecule has 0 spiro atoms. The van der Waals surface area contributed by atoms with Gasteiger partial charge in [0, 0.05) is 44.2 Å². The molecule has 2 aromatic heterocycles. The van der Waals surface area contributed by atoms with E-state index in [9.17, 15) is 18.0 Å². The van der Waals surface area contributed by atoms with Crippen LogP contribution in [0.5, 0.6) is 0 Å². The van der Waals surface area contributed by atoms with E-state index in [0.29, 0.717) is 5.95 Å². The molecule has 3 heterocycles. The van der Waals surface area contributed by atoms with Crippen molar-refractivity contribution in [3.63, 3.8) is 0 Å². The van der Waals surface area contributed by atoms with Gasteiger partial charge in [-0.25, -0.2) is 23.1 Å². The number of anilines is 1. The summed E-state index contributed by atoms with van der Waals surface area (Å²) in [4.78, 5) is 30.7. The highest BCUT2D eigenvalue weighted by molar-refractivity contribution is 6.17. The summed E-state index contributed by atoms with van der Waals surface area (Å²) in [5.74, 6) is -4.60. The van der Waals surface area contributed by atoms with Crippen LogP contribution in [-0.4, -0.2) is 64.1 Å². The van der Waals surface area contributed by atoms with Crippen molar-refractivity contribution in [3.05, 3.63) is 53.5 Å². The Balaban J connectivity index is 1.91. The van der Waals surface area contributed by atoms with Crippen molar-refractivity contribution in [3.8, 4) is 0 Å². The van der Waals surface area contributed by atoms with E-state index < -0.39 is 36.2 Å². The number of aromatic nitrogens is 3. The van der Waals surface area contributed by atoms with E-state index in [0.717, 1.165) is 29.1 Å². The van der Waals surface area contributed by atoms with Gasteiger partial charge in [-0.3, -0.25) is 14.8 Å². The van der Waals surface area contributed by atoms with Gasteiger partial charge in [0.25, 0.3) is 11.8 Å². The first-order valence-corrected chi connectivity index (χ1v) is 10.9. The molecule has 3 rings (SSSR count). The molecular formula is C23H28F3N7O. The van der Waals surface area contributed by atoms with E-state index >= 15 is 0 Å². The molecule has 182 valence electrons. The van der Waals surface area contributed by atoms with Crippen molar-refractivity contribution >= 4 is 23.6 Å². The number of halogens is 3. The summed E-state index contributed by atoms with van der Waals surface area (Å²) in [6.45, 7) is 3.02. The molecule has 2 unspecified atom stereocenters. The van der Waals surface area contributed by atoms with E-state index in [1.54, 1.807) is 19.3 Å². The van der Waals surface area contributed by atoms with Crippen molar-refractivity contribution in [1.29, 1.82) is 0 Å². The topological polar surface area (TPSA) is 109 Å². The molecule has 0 saturated carbocycles.